The molecule has 2 aromatic carbocycles. The normalized spacial score (nSPS) is 35.7. The molecule has 2 saturated heterocycles. The number of aliphatic carboxylic acids is 1. The van der Waals surface area contributed by atoms with Gasteiger partial charge in [0, 0.05) is 5.02 Å². The quantitative estimate of drug-likeness (QED) is 0.208. The first kappa shape index (κ1) is 28.6. The molecule has 0 saturated carbocycles. The molecular weight excluding hydrogens is 528 g/mol. The van der Waals surface area contributed by atoms with Gasteiger partial charge in [0.25, 0.3) is 0 Å². The summed E-state index contributed by atoms with van der Waals surface area (Å²) in [6.07, 6.45) is -16.0. The monoisotopic (exact) mass is 556 g/mol. The highest BCUT2D eigenvalue weighted by atomic mass is 35.5. The van der Waals surface area contributed by atoms with Crippen LogP contribution in [0.1, 0.15) is 22.8 Å². The van der Waals surface area contributed by atoms with Crippen LogP contribution in [0.4, 0.5) is 0 Å². The molecule has 2 heterocycles. The van der Waals surface area contributed by atoms with Crippen molar-refractivity contribution in [1.82, 2.24) is 0 Å². The van der Waals surface area contributed by atoms with Crippen molar-refractivity contribution in [1.29, 1.82) is 0 Å². The molecule has 10 atom stereocenters. The van der Waals surface area contributed by atoms with Gasteiger partial charge >= 0.3 is 5.97 Å². The fourth-order valence-electron chi connectivity index (χ4n) is 4.48. The summed E-state index contributed by atoms with van der Waals surface area (Å²) in [6, 6.07) is 11.4. The van der Waals surface area contributed by atoms with E-state index in [1.807, 2.05) is 0 Å². The van der Waals surface area contributed by atoms with E-state index >= 15 is 0 Å². The molecule has 4 rings (SSSR count). The number of aliphatic hydroxyl groups excluding tert-OH is 6. The van der Waals surface area contributed by atoms with Crippen LogP contribution in [0.3, 0.4) is 0 Å². The molecule has 12 nitrogen and oxygen atoms in total. The van der Waals surface area contributed by atoms with Gasteiger partial charge in [-0.3, -0.25) is 0 Å². The van der Waals surface area contributed by atoms with Gasteiger partial charge in [0.05, 0.1) is 6.61 Å². The summed E-state index contributed by atoms with van der Waals surface area (Å²) in [4.78, 5) is 11.3. The van der Waals surface area contributed by atoms with Crippen LogP contribution in [0.25, 0.3) is 0 Å². The minimum atomic E-state index is -1.90. The fraction of sp³-hybridized carbons (Fsp3) is 0.480. The predicted octanol–water partition coefficient (Wildman–Crippen LogP) is -0.932. The zero-order valence-electron chi connectivity index (χ0n) is 19.8. The number of carboxylic acid groups (broad SMARTS) is 1. The molecule has 2 aliphatic rings. The van der Waals surface area contributed by atoms with Crippen LogP contribution < -0.4 is 0 Å². The molecule has 0 bridgehead atoms. The van der Waals surface area contributed by atoms with Gasteiger partial charge in [0.15, 0.2) is 12.4 Å². The van der Waals surface area contributed by atoms with Gasteiger partial charge in [0.1, 0.15) is 54.6 Å². The van der Waals surface area contributed by atoms with E-state index in [1.165, 1.54) is 12.1 Å². The zero-order valence-corrected chi connectivity index (χ0v) is 20.6. The Morgan fingerprint density at radius 1 is 0.842 bits per heavy atom. The van der Waals surface area contributed by atoms with Gasteiger partial charge in [-0.05, 0) is 41.3 Å². The molecule has 13 heteroatoms. The van der Waals surface area contributed by atoms with Crippen LogP contribution in [0.2, 0.25) is 5.02 Å². The van der Waals surface area contributed by atoms with Crippen molar-refractivity contribution in [2.75, 3.05) is 6.61 Å². The van der Waals surface area contributed by atoms with Crippen LogP contribution in [-0.4, -0.2) is 109 Å². The molecule has 0 aliphatic carbocycles. The minimum Gasteiger partial charge on any atom is -0.508 e. The lowest BCUT2D eigenvalue weighted by atomic mass is 9.90. The number of benzene rings is 2. The summed E-state index contributed by atoms with van der Waals surface area (Å²) in [6.45, 7) is -0.535. The van der Waals surface area contributed by atoms with Crippen molar-refractivity contribution in [3.8, 4) is 5.75 Å². The van der Waals surface area contributed by atoms with E-state index in [1.54, 1.807) is 30.3 Å². The van der Waals surface area contributed by atoms with E-state index in [2.05, 4.69) is 0 Å². The number of hydrogen-bond acceptors (Lipinski definition) is 11. The number of carboxylic acids is 1. The predicted molar refractivity (Wildman–Crippen MR) is 128 cm³/mol. The average Bonchev–Trinajstić information content (AvgIpc) is 2.89. The summed E-state index contributed by atoms with van der Waals surface area (Å²) in [5.41, 5.74) is 1.96. The Balaban J connectivity index is 1.49. The largest absolute Gasteiger partial charge is 0.508 e. The van der Waals surface area contributed by atoms with Crippen LogP contribution in [0, 0.1) is 0 Å². The summed E-state index contributed by atoms with van der Waals surface area (Å²) >= 11 is 6.36. The molecular formula is C25H29ClO12. The highest BCUT2D eigenvalue weighted by Gasteiger charge is 2.49. The zero-order chi connectivity index (χ0) is 27.7. The fourth-order valence-corrected chi connectivity index (χ4v) is 4.67. The number of ether oxygens (including phenoxy) is 3. The maximum absolute atomic E-state index is 11.3. The van der Waals surface area contributed by atoms with E-state index in [9.17, 15) is 45.6 Å². The lowest BCUT2D eigenvalue weighted by Crippen LogP contribution is -2.61. The lowest BCUT2D eigenvalue weighted by molar-refractivity contribution is -0.308. The summed E-state index contributed by atoms with van der Waals surface area (Å²) in [7, 11) is 0. The van der Waals surface area contributed by atoms with Crippen LogP contribution >= 0.6 is 11.6 Å². The molecule has 0 amide bonds. The SMILES string of the molecule is O=C(O)[C@H]1OC(OC[C@H]2O[C@@H](c3ccc(Cl)c(Cc4ccc(O)cc4)c3)[C@H](O)[C@@H](O)[C@@H]2O)[C@H](O)[C@@H](O)[C@@H]1O. The minimum absolute atomic E-state index is 0.114. The van der Waals surface area contributed by atoms with Crippen LogP contribution in [0.15, 0.2) is 42.5 Å². The average molecular weight is 557 g/mol. The Morgan fingerprint density at radius 2 is 1.50 bits per heavy atom. The summed E-state index contributed by atoms with van der Waals surface area (Å²) in [5, 5.41) is 80.7. The van der Waals surface area contributed by atoms with Gasteiger partial charge in [-0.1, -0.05) is 35.9 Å². The first-order valence-corrected chi connectivity index (χ1v) is 12.2. The Morgan fingerprint density at radius 3 is 2.16 bits per heavy atom. The van der Waals surface area contributed by atoms with Crippen LogP contribution in [-0.2, 0) is 25.4 Å². The second-order valence-corrected chi connectivity index (χ2v) is 9.74. The number of hydrogen-bond donors (Lipinski definition) is 8. The molecule has 0 aromatic heterocycles. The molecule has 2 aliphatic heterocycles. The first-order valence-electron chi connectivity index (χ1n) is 11.8. The lowest BCUT2D eigenvalue weighted by Gasteiger charge is -2.42. The highest BCUT2D eigenvalue weighted by Crippen LogP contribution is 2.35. The number of halogens is 1. The van der Waals surface area contributed by atoms with E-state index in [0.717, 1.165) is 5.56 Å². The maximum atomic E-state index is 11.3. The number of carbonyl (C=O) groups is 1. The van der Waals surface area contributed by atoms with Crippen molar-refractivity contribution in [3.05, 3.63) is 64.2 Å². The van der Waals surface area contributed by atoms with Gasteiger partial charge < -0.3 is 55.1 Å². The molecule has 8 N–H and O–H groups in total. The van der Waals surface area contributed by atoms with Crippen molar-refractivity contribution < 1.29 is 59.9 Å². The molecule has 2 fully saturated rings. The summed E-state index contributed by atoms with van der Waals surface area (Å²) in [5.74, 6) is -1.47. The Bertz CT molecular complexity index is 1110. The molecule has 0 spiro atoms. The van der Waals surface area contributed by atoms with E-state index < -0.39 is 73.8 Å². The maximum Gasteiger partial charge on any atom is 0.335 e. The number of phenols is 1. The second-order valence-electron chi connectivity index (χ2n) is 9.33. The van der Waals surface area contributed by atoms with Gasteiger partial charge in [-0.15, -0.1) is 0 Å². The van der Waals surface area contributed by atoms with E-state index in [4.69, 9.17) is 25.8 Å². The Hall–Kier alpha value is -2.36. The van der Waals surface area contributed by atoms with Gasteiger partial charge in [-0.25, -0.2) is 4.79 Å². The van der Waals surface area contributed by atoms with E-state index in [0.29, 0.717) is 22.6 Å². The Labute approximate surface area is 221 Å². The van der Waals surface area contributed by atoms with Crippen molar-refractivity contribution in [2.24, 2.45) is 0 Å². The van der Waals surface area contributed by atoms with Crippen molar-refractivity contribution in [3.63, 3.8) is 0 Å². The second kappa shape index (κ2) is 11.8. The van der Waals surface area contributed by atoms with Crippen molar-refractivity contribution >= 4 is 17.6 Å². The Kier molecular flexibility index (Phi) is 8.89. The number of phenolic OH excluding ortho intramolecular Hbond substituents is 1. The third-order valence-electron chi connectivity index (χ3n) is 6.68. The molecule has 1 unspecified atom stereocenters. The standard InChI is InChI=1S/C25H29ClO12/c26-14-6-3-11(8-12(14)7-10-1-4-13(27)5-2-10)22-19(31)17(29)16(28)15(37-22)9-36-25-21(33)18(30)20(32)23(38-25)24(34)35/h1-6,8,15-23,25,27-33H,7,9H2,(H,34,35)/t15-,16-,17+,18+,19-,20+,21-,22+,23+,25?/m1/s1. The smallest absolute Gasteiger partial charge is 0.335 e. The number of aromatic hydroxyl groups is 1. The van der Waals surface area contributed by atoms with Gasteiger partial charge in [0.2, 0.25) is 0 Å². The summed E-state index contributed by atoms with van der Waals surface area (Å²) < 4.78 is 16.3. The first-order chi connectivity index (χ1) is 18.0. The third kappa shape index (κ3) is 5.95. The van der Waals surface area contributed by atoms with E-state index in [-0.39, 0.29) is 5.75 Å². The van der Waals surface area contributed by atoms with Crippen molar-refractivity contribution in [2.45, 2.75) is 67.6 Å². The molecule has 38 heavy (non-hydrogen) atoms. The number of rotatable bonds is 7. The number of aliphatic hydroxyl groups is 6. The molecule has 0 radical (unpaired) electrons. The molecule has 2 aromatic rings. The van der Waals surface area contributed by atoms with Crippen LogP contribution in [0.5, 0.6) is 5.75 Å². The highest BCUT2D eigenvalue weighted by molar-refractivity contribution is 6.31. The topological polar surface area (TPSA) is 207 Å². The third-order valence-corrected chi connectivity index (χ3v) is 7.05. The van der Waals surface area contributed by atoms with Gasteiger partial charge in [-0.2, -0.15) is 0 Å². The molecule has 208 valence electrons.